The van der Waals surface area contributed by atoms with Gasteiger partial charge in [-0.25, -0.2) is 15.0 Å². The fourth-order valence-electron chi connectivity index (χ4n) is 1.21. The molecule has 0 saturated heterocycles. The van der Waals surface area contributed by atoms with Gasteiger partial charge in [-0.15, -0.1) is 0 Å². The van der Waals surface area contributed by atoms with E-state index in [2.05, 4.69) is 20.3 Å². The number of nitrogens with zero attached hydrogens (tertiary/aromatic N) is 3. The molecule has 16 heavy (non-hydrogen) atoms. The maximum absolute atomic E-state index is 11.7. The summed E-state index contributed by atoms with van der Waals surface area (Å²) >= 11 is 0. The molecule has 0 unspecified atom stereocenters. The molecule has 0 aromatic carbocycles. The van der Waals surface area contributed by atoms with Crippen LogP contribution in [0.25, 0.3) is 0 Å². The summed E-state index contributed by atoms with van der Waals surface area (Å²) in [6, 6.07) is 3.66. The standard InChI is InChI=1S/C11H10N4O/c1-8-2-3-14-10(4-8)15-11(16)9-5-12-7-13-6-9/h2-7H,1H3,(H,14,15,16). The number of carbonyl (C=O) groups excluding carboxylic acids is 1. The molecule has 1 N–H and O–H groups in total. The second-order valence-electron chi connectivity index (χ2n) is 3.30. The molecule has 0 spiro atoms. The number of aryl methyl sites for hydroxylation is 1. The summed E-state index contributed by atoms with van der Waals surface area (Å²) < 4.78 is 0. The second kappa shape index (κ2) is 4.48. The third-order valence-corrected chi connectivity index (χ3v) is 1.98. The minimum atomic E-state index is -0.265. The van der Waals surface area contributed by atoms with E-state index in [0.29, 0.717) is 11.4 Å². The fraction of sp³-hybridized carbons (Fsp3) is 0.0909. The summed E-state index contributed by atoms with van der Waals surface area (Å²) in [6.07, 6.45) is 5.93. The lowest BCUT2D eigenvalue weighted by atomic mass is 10.3. The van der Waals surface area contributed by atoms with Crippen molar-refractivity contribution in [3.05, 3.63) is 48.2 Å². The highest BCUT2D eigenvalue weighted by Gasteiger charge is 2.06. The van der Waals surface area contributed by atoms with E-state index >= 15 is 0 Å². The number of hydrogen-bond donors (Lipinski definition) is 1. The minimum absolute atomic E-state index is 0.265. The van der Waals surface area contributed by atoms with Crippen LogP contribution in [0.4, 0.5) is 5.82 Å². The number of nitrogens with one attached hydrogen (secondary N) is 1. The molecule has 2 aromatic heterocycles. The van der Waals surface area contributed by atoms with Crippen LogP contribution in [-0.4, -0.2) is 20.9 Å². The van der Waals surface area contributed by atoms with Crippen LogP contribution in [0.15, 0.2) is 37.1 Å². The first-order chi connectivity index (χ1) is 7.75. The molecular formula is C11H10N4O. The lowest BCUT2D eigenvalue weighted by molar-refractivity contribution is 0.102. The first-order valence-electron chi connectivity index (χ1n) is 4.75. The van der Waals surface area contributed by atoms with Crippen LogP contribution in [0.2, 0.25) is 0 Å². The van der Waals surface area contributed by atoms with Gasteiger partial charge in [0, 0.05) is 18.6 Å². The Labute approximate surface area is 92.6 Å². The van der Waals surface area contributed by atoms with E-state index in [4.69, 9.17) is 0 Å². The number of rotatable bonds is 2. The number of aromatic nitrogens is 3. The van der Waals surface area contributed by atoms with Gasteiger partial charge in [0.2, 0.25) is 0 Å². The topological polar surface area (TPSA) is 67.8 Å². The molecular weight excluding hydrogens is 204 g/mol. The van der Waals surface area contributed by atoms with Gasteiger partial charge < -0.3 is 5.32 Å². The van der Waals surface area contributed by atoms with Gasteiger partial charge in [0.15, 0.2) is 0 Å². The van der Waals surface area contributed by atoms with Gasteiger partial charge in [0.05, 0.1) is 5.56 Å². The largest absolute Gasteiger partial charge is 0.306 e. The Morgan fingerprint density at radius 2 is 2.06 bits per heavy atom. The summed E-state index contributed by atoms with van der Waals surface area (Å²) in [5.74, 6) is 0.257. The van der Waals surface area contributed by atoms with Crippen molar-refractivity contribution >= 4 is 11.7 Å². The SMILES string of the molecule is Cc1ccnc(NC(=O)c2cncnc2)c1. The summed E-state index contributed by atoms with van der Waals surface area (Å²) in [5.41, 5.74) is 1.44. The zero-order valence-electron chi connectivity index (χ0n) is 8.71. The first-order valence-corrected chi connectivity index (χ1v) is 4.75. The molecule has 0 fully saturated rings. The van der Waals surface area contributed by atoms with E-state index in [-0.39, 0.29) is 5.91 Å². The van der Waals surface area contributed by atoms with E-state index in [1.54, 1.807) is 12.3 Å². The Hall–Kier alpha value is -2.30. The molecule has 0 aliphatic carbocycles. The average Bonchev–Trinajstić information content (AvgIpc) is 2.30. The van der Waals surface area contributed by atoms with E-state index in [1.807, 2.05) is 13.0 Å². The molecule has 0 bridgehead atoms. The van der Waals surface area contributed by atoms with Gasteiger partial charge in [-0.3, -0.25) is 4.79 Å². The normalized spacial score (nSPS) is 9.81. The van der Waals surface area contributed by atoms with Crippen molar-refractivity contribution in [2.75, 3.05) is 5.32 Å². The number of carbonyl (C=O) groups is 1. The molecule has 5 heteroatoms. The molecule has 0 radical (unpaired) electrons. The average molecular weight is 214 g/mol. The Balaban J connectivity index is 2.14. The lowest BCUT2D eigenvalue weighted by Crippen LogP contribution is -2.13. The first kappa shape index (κ1) is 10.2. The Kier molecular flexibility index (Phi) is 2.86. The fourth-order valence-corrected chi connectivity index (χ4v) is 1.21. The maximum Gasteiger partial charge on any atom is 0.259 e. The van der Waals surface area contributed by atoms with Crippen molar-refractivity contribution in [3.8, 4) is 0 Å². The van der Waals surface area contributed by atoms with Crippen LogP contribution in [0.5, 0.6) is 0 Å². The number of anilines is 1. The van der Waals surface area contributed by atoms with E-state index < -0.39 is 0 Å². The molecule has 80 valence electrons. The molecule has 0 saturated carbocycles. The minimum Gasteiger partial charge on any atom is -0.306 e. The summed E-state index contributed by atoms with van der Waals surface area (Å²) in [7, 11) is 0. The number of hydrogen-bond acceptors (Lipinski definition) is 4. The summed E-state index contributed by atoms with van der Waals surface area (Å²) in [5, 5.41) is 2.67. The Bertz CT molecular complexity index is 498. The molecule has 0 aliphatic rings. The zero-order valence-corrected chi connectivity index (χ0v) is 8.71. The predicted octanol–water partition coefficient (Wildman–Crippen LogP) is 1.43. The monoisotopic (exact) mass is 214 g/mol. The summed E-state index contributed by atoms with van der Waals surface area (Å²) in [4.78, 5) is 23.3. The van der Waals surface area contributed by atoms with Crippen molar-refractivity contribution in [3.63, 3.8) is 0 Å². The molecule has 2 heterocycles. The van der Waals surface area contributed by atoms with Crippen molar-refractivity contribution in [1.29, 1.82) is 0 Å². The molecule has 2 aromatic rings. The highest BCUT2D eigenvalue weighted by Crippen LogP contribution is 2.06. The predicted molar refractivity (Wildman–Crippen MR) is 59.0 cm³/mol. The highest BCUT2D eigenvalue weighted by atomic mass is 16.1. The number of amides is 1. The molecule has 1 amide bonds. The molecule has 0 atom stereocenters. The Morgan fingerprint density at radius 3 is 2.75 bits per heavy atom. The maximum atomic E-state index is 11.7. The van der Waals surface area contributed by atoms with Gasteiger partial charge in [0.25, 0.3) is 5.91 Å². The molecule has 2 rings (SSSR count). The third-order valence-electron chi connectivity index (χ3n) is 1.98. The molecule has 5 nitrogen and oxygen atoms in total. The van der Waals surface area contributed by atoms with Crippen LogP contribution >= 0.6 is 0 Å². The van der Waals surface area contributed by atoms with Crippen LogP contribution in [0, 0.1) is 6.92 Å². The van der Waals surface area contributed by atoms with E-state index in [9.17, 15) is 4.79 Å². The summed E-state index contributed by atoms with van der Waals surface area (Å²) in [6.45, 7) is 1.93. The number of pyridine rings is 1. The van der Waals surface area contributed by atoms with Crippen molar-refractivity contribution < 1.29 is 4.79 Å². The van der Waals surface area contributed by atoms with Crippen LogP contribution in [-0.2, 0) is 0 Å². The zero-order chi connectivity index (χ0) is 11.4. The van der Waals surface area contributed by atoms with Crippen molar-refractivity contribution in [1.82, 2.24) is 15.0 Å². The van der Waals surface area contributed by atoms with Crippen molar-refractivity contribution in [2.24, 2.45) is 0 Å². The van der Waals surface area contributed by atoms with E-state index in [1.165, 1.54) is 18.7 Å². The van der Waals surface area contributed by atoms with Gasteiger partial charge in [0.1, 0.15) is 12.1 Å². The molecule has 0 aliphatic heterocycles. The van der Waals surface area contributed by atoms with Gasteiger partial charge in [-0.05, 0) is 24.6 Å². The third kappa shape index (κ3) is 2.38. The lowest BCUT2D eigenvalue weighted by Gasteiger charge is -2.03. The van der Waals surface area contributed by atoms with Gasteiger partial charge in [-0.2, -0.15) is 0 Å². The van der Waals surface area contributed by atoms with Crippen LogP contribution < -0.4 is 5.32 Å². The smallest absolute Gasteiger partial charge is 0.259 e. The van der Waals surface area contributed by atoms with Crippen molar-refractivity contribution in [2.45, 2.75) is 6.92 Å². The van der Waals surface area contributed by atoms with Gasteiger partial charge in [-0.1, -0.05) is 0 Å². The second-order valence-corrected chi connectivity index (χ2v) is 3.30. The van der Waals surface area contributed by atoms with Gasteiger partial charge >= 0.3 is 0 Å². The van der Waals surface area contributed by atoms with Crippen LogP contribution in [0.3, 0.4) is 0 Å². The Morgan fingerprint density at radius 1 is 1.31 bits per heavy atom. The quantitative estimate of drug-likeness (QED) is 0.821. The van der Waals surface area contributed by atoms with E-state index in [0.717, 1.165) is 5.56 Å². The van der Waals surface area contributed by atoms with Crippen LogP contribution in [0.1, 0.15) is 15.9 Å². The highest BCUT2D eigenvalue weighted by molar-refractivity contribution is 6.03.